The Labute approximate surface area is 163 Å². The lowest BCUT2D eigenvalue weighted by molar-refractivity contribution is 0.152. The predicted molar refractivity (Wildman–Crippen MR) is 107 cm³/mol. The zero-order chi connectivity index (χ0) is 19.1. The fourth-order valence-corrected chi connectivity index (χ4v) is 5.17. The number of methoxy groups -OCH3 is 1. The Hall–Kier alpha value is -1.22. The highest BCUT2D eigenvalue weighted by molar-refractivity contribution is 5.17. The van der Waals surface area contributed by atoms with E-state index in [4.69, 9.17) is 4.74 Å². The van der Waals surface area contributed by atoms with E-state index in [1.165, 1.54) is 63.5 Å². The summed E-state index contributed by atoms with van der Waals surface area (Å²) in [6, 6.07) is 4.34. The van der Waals surface area contributed by atoms with Gasteiger partial charge in [0.05, 0.1) is 6.61 Å². The van der Waals surface area contributed by atoms with Crippen LogP contribution >= 0.6 is 0 Å². The number of hydrogen-bond acceptors (Lipinski definition) is 1. The van der Waals surface area contributed by atoms with Gasteiger partial charge in [-0.2, -0.15) is 0 Å². The van der Waals surface area contributed by atoms with E-state index < -0.39 is 11.6 Å². The normalized spacial score (nSPS) is 29.3. The molecule has 3 rings (SSSR count). The van der Waals surface area contributed by atoms with Gasteiger partial charge in [-0.25, -0.2) is 8.78 Å². The fourth-order valence-electron chi connectivity index (χ4n) is 5.17. The molecular formula is C24H34F2O. The second-order valence-corrected chi connectivity index (χ2v) is 8.63. The third-order valence-corrected chi connectivity index (χ3v) is 6.87. The van der Waals surface area contributed by atoms with Gasteiger partial charge in [0, 0.05) is 7.11 Å². The topological polar surface area (TPSA) is 9.23 Å². The molecule has 2 aliphatic carbocycles. The van der Waals surface area contributed by atoms with Crippen molar-refractivity contribution in [2.75, 3.05) is 13.7 Å². The summed E-state index contributed by atoms with van der Waals surface area (Å²) in [7, 11) is 1.75. The molecule has 0 saturated heterocycles. The average molecular weight is 377 g/mol. The number of hydrogen-bond donors (Lipinski definition) is 0. The van der Waals surface area contributed by atoms with Crippen molar-refractivity contribution in [1.82, 2.24) is 0 Å². The third-order valence-electron chi connectivity index (χ3n) is 6.87. The average Bonchev–Trinajstić information content (AvgIpc) is 2.70. The Bertz CT molecular complexity index is 596. The van der Waals surface area contributed by atoms with Crippen molar-refractivity contribution in [2.24, 2.45) is 23.7 Å². The summed E-state index contributed by atoms with van der Waals surface area (Å²) >= 11 is 0. The Kier molecular flexibility index (Phi) is 7.87. The van der Waals surface area contributed by atoms with Crippen LogP contribution in [-0.2, 0) is 11.2 Å². The molecule has 2 fully saturated rings. The van der Waals surface area contributed by atoms with Gasteiger partial charge in [0.2, 0.25) is 0 Å². The maximum Gasteiger partial charge on any atom is 0.159 e. The van der Waals surface area contributed by atoms with E-state index in [2.05, 4.69) is 12.2 Å². The van der Waals surface area contributed by atoms with Crippen molar-refractivity contribution in [1.29, 1.82) is 0 Å². The van der Waals surface area contributed by atoms with E-state index in [1.807, 2.05) is 0 Å². The van der Waals surface area contributed by atoms with Crippen molar-refractivity contribution in [3.8, 4) is 0 Å². The Morgan fingerprint density at radius 2 is 1.59 bits per heavy atom. The van der Waals surface area contributed by atoms with E-state index in [0.29, 0.717) is 0 Å². The molecule has 1 aromatic rings. The first-order valence-electron chi connectivity index (χ1n) is 10.7. The van der Waals surface area contributed by atoms with Gasteiger partial charge in [-0.15, -0.1) is 0 Å². The van der Waals surface area contributed by atoms with Crippen LogP contribution in [0.25, 0.3) is 0 Å². The second-order valence-electron chi connectivity index (χ2n) is 8.63. The van der Waals surface area contributed by atoms with Gasteiger partial charge in [0.1, 0.15) is 0 Å². The van der Waals surface area contributed by atoms with Crippen LogP contribution in [0.2, 0.25) is 0 Å². The van der Waals surface area contributed by atoms with E-state index >= 15 is 0 Å². The van der Waals surface area contributed by atoms with Crippen molar-refractivity contribution in [3.63, 3.8) is 0 Å². The molecule has 1 nitrogen and oxygen atoms in total. The lowest BCUT2D eigenvalue weighted by Crippen LogP contribution is -2.25. The van der Waals surface area contributed by atoms with E-state index in [9.17, 15) is 8.78 Å². The molecule has 1 aromatic carbocycles. The zero-order valence-corrected chi connectivity index (χ0v) is 16.6. The molecule has 0 amide bonds. The summed E-state index contributed by atoms with van der Waals surface area (Å²) in [5.74, 6) is 1.87. The lowest BCUT2D eigenvalue weighted by Gasteiger charge is -2.37. The number of benzene rings is 1. The molecule has 2 saturated carbocycles. The molecule has 0 N–H and O–H groups in total. The highest BCUT2D eigenvalue weighted by Gasteiger charge is 2.30. The van der Waals surface area contributed by atoms with Crippen LogP contribution in [0.1, 0.15) is 63.4 Å². The molecule has 2 aliphatic rings. The lowest BCUT2D eigenvalue weighted by atomic mass is 9.68. The molecule has 0 heterocycles. The molecule has 27 heavy (non-hydrogen) atoms. The minimum absolute atomic E-state index is 0.719. The van der Waals surface area contributed by atoms with Gasteiger partial charge in [-0.1, -0.05) is 31.1 Å². The minimum Gasteiger partial charge on any atom is -0.381 e. The molecule has 0 spiro atoms. The van der Waals surface area contributed by atoms with Gasteiger partial charge in [0.25, 0.3) is 0 Å². The number of aryl methyl sites for hydroxylation is 1. The number of halogens is 2. The monoisotopic (exact) mass is 376 g/mol. The molecule has 0 atom stereocenters. The van der Waals surface area contributed by atoms with Crippen LogP contribution in [0, 0.1) is 35.3 Å². The molecule has 0 bridgehead atoms. The highest BCUT2D eigenvalue weighted by Crippen LogP contribution is 2.42. The molecule has 0 aromatic heterocycles. The smallest absolute Gasteiger partial charge is 0.159 e. The maximum atomic E-state index is 13.3. The van der Waals surface area contributed by atoms with Crippen molar-refractivity contribution < 1.29 is 13.5 Å². The quantitative estimate of drug-likeness (QED) is 0.480. The molecule has 0 unspecified atom stereocenters. The number of rotatable bonds is 7. The summed E-state index contributed by atoms with van der Waals surface area (Å²) in [5.41, 5.74) is 0.927. The summed E-state index contributed by atoms with van der Waals surface area (Å²) < 4.78 is 31.5. The van der Waals surface area contributed by atoms with Crippen molar-refractivity contribution in [2.45, 2.75) is 64.2 Å². The van der Waals surface area contributed by atoms with Gasteiger partial charge in [-0.05, 0) is 92.7 Å². The Balaban J connectivity index is 1.36. The molecule has 150 valence electrons. The van der Waals surface area contributed by atoms with Crippen LogP contribution in [0.4, 0.5) is 8.78 Å². The van der Waals surface area contributed by atoms with Gasteiger partial charge in [0.15, 0.2) is 11.6 Å². The van der Waals surface area contributed by atoms with Gasteiger partial charge < -0.3 is 4.74 Å². The van der Waals surface area contributed by atoms with Gasteiger partial charge >= 0.3 is 0 Å². The minimum atomic E-state index is -0.747. The summed E-state index contributed by atoms with van der Waals surface area (Å²) in [6.45, 7) is 0.731. The first-order chi connectivity index (χ1) is 13.2. The first kappa shape index (κ1) is 20.5. The van der Waals surface area contributed by atoms with Crippen molar-refractivity contribution >= 4 is 0 Å². The Morgan fingerprint density at radius 1 is 0.926 bits per heavy atom. The van der Waals surface area contributed by atoms with E-state index in [1.54, 1.807) is 13.2 Å². The number of ether oxygens (including phenoxy) is 1. The first-order valence-corrected chi connectivity index (χ1v) is 10.7. The third kappa shape index (κ3) is 6.14. The van der Waals surface area contributed by atoms with Crippen LogP contribution < -0.4 is 0 Å². The van der Waals surface area contributed by atoms with Gasteiger partial charge in [-0.3, -0.25) is 0 Å². The molecule has 0 radical (unpaired) electrons. The van der Waals surface area contributed by atoms with Crippen LogP contribution in [-0.4, -0.2) is 13.7 Å². The highest BCUT2D eigenvalue weighted by atomic mass is 19.2. The van der Waals surface area contributed by atoms with Crippen LogP contribution in [0.3, 0.4) is 0 Å². The predicted octanol–water partition coefficient (Wildman–Crippen LogP) is 6.71. The molecular weight excluding hydrogens is 342 g/mol. The second kappa shape index (κ2) is 10.4. The molecule has 0 aliphatic heterocycles. The van der Waals surface area contributed by atoms with Crippen molar-refractivity contribution in [3.05, 3.63) is 47.5 Å². The largest absolute Gasteiger partial charge is 0.381 e. The Morgan fingerprint density at radius 3 is 2.22 bits per heavy atom. The van der Waals surface area contributed by atoms with E-state index in [0.717, 1.165) is 48.7 Å². The maximum absolute atomic E-state index is 13.3. The van der Waals surface area contributed by atoms with Crippen LogP contribution in [0.5, 0.6) is 0 Å². The summed E-state index contributed by atoms with van der Waals surface area (Å²) in [6.07, 6.45) is 17.3. The molecule has 3 heteroatoms. The standard InChI is InChI=1S/C24H34F2O/c1-27-16-2-3-18-6-11-21(12-7-18)22-13-8-19(9-14-22)4-5-20-10-15-23(25)24(26)17-20/h2-3,10,15,17-19,21-22H,4-9,11-14,16H2,1H3/b3-2+. The fraction of sp³-hybridized carbons (Fsp3) is 0.667. The summed E-state index contributed by atoms with van der Waals surface area (Å²) in [5, 5.41) is 0. The number of allylic oxidation sites excluding steroid dienone is 1. The van der Waals surface area contributed by atoms with Crippen LogP contribution in [0.15, 0.2) is 30.4 Å². The summed E-state index contributed by atoms with van der Waals surface area (Å²) in [4.78, 5) is 0. The zero-order valence-electron chi connectivity index (χ0n) is 16.6. The van der Waals surface area contributed by atoms with E-state index in [-0.39, 0.29) is 0 Å². The SMILES string of the molecule is COC/C=C/C1CCC(C2CCC(CCc3ccc(F)c(F)c3)CC2)CC1.